The lowest BCUT2D eigenvalue weighted by Gasteiger charge is -2.44. The second-order valence-corrected chi connectivity index (χ2v) is 7.36. The van der Waals surface area contributed by atoms with E-state index in [-0.39, 0.29) is 0 Å². The zero-order valence-corrected chi connectivity index (χ0v) is 11.9. The van der Waals surface area contributed by atoms with E-state index in [4.69, 9.17) is 0 Å². The zero-order valence-electron chi connectivity index (χ0n) is 11.9. The van der Waals surface area contributed by atoms with Gasteiger partial charge in [0.1, 0.15) is 0 Å². The summed E-state index contributed by atoms with van der Waals surface area (Å²) in [6.07, 6.45) is 9.17. The molecule has 4 rings (SSSR count). The quantitative estimate of drug-likeness (QED) is 0.784. The van der Waals surface area contributed by atoms with E-state index in [2.05, 4.69) is 10.2 Å². The molecule has 0 bridgehead atoms. The second kappa shape index (κ2) is 4.47. The predicted molar refractivity (Wildman–Crippen MR) is 74.7 cm³/mol. The number of fused-ring (bicyclic) bond motifs is 1. The van der Waals surface area contributed by atoms with Crippen LogP contribution < -0.4 is 5.32 Å². The van der Waals surface area contributed by atoms with Crippen LogP contribution in [0.4, 0.5) is 0 Å². The molecule has 19 heavy (non-hydrogen) atoms. The number of likely N-dealkylation sites (tertiary alicyclic amines) is 1. The summed E-state index contributed by atoms with van der Waals surface area (Å²) in [5.74, 6) is 2.51. The summed E-state index contributed by atoms with van der Waals surface area (Å²) in [6.45, 7) is 4.44. The molecular weight excluding hydrogens is 236 g/mol. The van der Waals surface area contributed by atoms with Crippen LogP contribution in [0.25, 0.3) is 0 Å². The van der Waals surface area contributed by atoms with Gasteiger partial charge in [-0.25, -0.2) is 0 Å². The van der Waals surface area contributed by atoms with Gasteiger partial charge in [-0.15, -0.1) is 0 Å². The van der Waals surface area contributed by atoms with E-state index in [1.54, 1.807) is 0 Å². The Hall–Kier alpha value is -0.570. The first-order valence-corrected chi connectivity index (χ1v) is 8.29. The molecule has 106 valence electrons. The number of rotatable bonds is 1. The minimum absolute atomic E-state index is 0.441. The van der Waals surface area contributed by atoms with Gasteiger partial charge in [0.05, 0.1) is 0 Å². The Labute approximate surface area is 116 Å². The predicted octanol–water partition coefficient (Wildman–Crippen LogP) is 2.02. The lowest BCUT2D eigenvalue weighted by atomic mass is 9.71. The average Bonchev–Trinajstić information content (AvgIpc) is 2.92. The van der Waals surface area contributed by atoms with Crippen molar-refractivity contribution in [1.82, 2.24) is 10.2 Å². The fourth-order valence-electron chi connectivity index (χ4n) is 5.06. The summed E-state index contributed by atoms with van der Waals surface area (Å²) < 4.78 is 0. The van der Waals surface area contributed by atoms with Gasteiger partial charge < -0.3 is 10.2 Å². The van der Waals surface area contributed by atoms with E-state index < -0.39 is 0 Å². The van der Waals surface area contributed by atoms with Gasteiger partial charge in [0.15, 0.2) is 0 Å². The number of carbonyl (C=O) groups is 1. The van der Waals surface area contributed by atoms with Crippen molar-refractivity contribution in [2.24, 2.45) is 23.2 Å². The summed E-state index contributed by atoms with van der Waals surface area (Å²) >= 11 is 0. The fraction of sp³-hybridized carbons (Fsp3) is 0.938. The summed E-state index contributed by atoms with van der Waals surface area (Å²) in [7, 11) is 0. The molecule has 0 radical (unpaired) electrons. The SMILES string of the molecule is O=C(C1C2CCCC21)N1CCC2(CCNCC2)CC1. The number of piperidine rings is 2. The maximum atomic E-state index is 12.6. The smallest absolute Gasteiger partial charge is 0.226 e. The van der Waals surface area contributed by atoms with Crippen LogP contribution in [0.1, 0.15) is 44.9 Å². The Balaban J connectivity index is 1.34. The van der Waals surface area contributed by atoms with Gasteiger partial charge >= 0.3 is 0 Å². The highest BCUT2D eigenvalue weighted by atomic mass is 16.2. The van der Waals surface area contributed by atoms with Gasteiger partial charge in [0.2, 0.25) is 5.91 Å². The Morgan fingerprint density at radius 1 is 1.00 bits per heavy atom. The van der Waals surface area contributed by atoms with Crippen molar-refractivity contribution in [1.29, 1.82) is 0 Å². The van der Waals surface area contributed by atoms with Gasteiger partial charge in [0.25, 0.3) is 0 Å². The molecule has 2 saturated heterocycles. The molecule has 0 aromatic carbocycles. The zero-order chi connectivity index (χ0) is 12.9. The molecular formula is C16H26N2O. The minimum atomic E-state index is 0.441. The summed E-state index contributed by atoms with van der Waals surface area (Å²) in [5.41, 5.74) is 0.571. The molecule has 2 aliphatic heterocycles. The van der Waals surface area contributed by atoms with Gasteiger partial charge in [-0.05, 0) is 68.9 Å². The third kappa shape index (κ3) is 2.01. The molecule has 2 unspecified atom stereocenters. The van der Waals surface area contributed by atoms with Crippen LogP contribution in [0.3, 0.4) is 0 Å². The van der Waals surface area contributed by atoms with Crippen molar-refractivity contribution >= 4 is 5.91 Å². The van der Waals surface area contributed by atoms with E-state index in [9.17, 15) is 4.79 Å². The number of nitrogens with zero attached hydrogens (tertiary/aromatic N) is 1. The van der Waals surface area contributed by atoms with Crippen LogP contribution >= 0.6 is 0 Å². The molecule has 0 aromatic rings. The van der Waals surface area contributed by atoms with Gasteiger partial charge in [0, 0.05) is 19.0 Å². The molecule has 1 spiro atoms. The lowest BCUT2D eigenvalue weighted by Crippen LogP contribution is -2.47. The van der Waals surface area contributed by atoms with E-state index >= 15 is 0 Å². The number of nitrogens with one attached hydrogen (secondary N) is 1. The maximum absolute atomic E-state index is 12.6. The second-order valence-electron chi connectivity index (χ2n) is 7.36. The van der Waals surface area contributed by atoms with Crippen LogP contribution in [0.5, 0.6) is 0 Å². The van der Waals surface area contributed by atoms with Crippen molar-refractivity contribution in [3.63, 3.8) is 0 Å². The highest BCUT2D eigenvalue weighted by Crippen LogP contribution is 2.58. The Bertz CT molecular complexity index is 355. The number of amides is 1. The monoisotopic (exact) mass is 262 g/mol. The van der Waals surface area contributed by atoms with E-state index in [0.29, 0.717) is 17.2 Å². The van der Waals surface area contributed by atoms with Crippen LogP contribution in [-0.2, 0) is 4.79 Å². The third-order valence-corrected chi connectivity index (χ3v) is 6.49. The first-order chi connectivity index (χ1) is 9.29. The van der Waals surface area contributed by atoms with E-state index in [0.717, 1.165) is 24.9 Å². The maximum Gasteiger partial charge on any atom is 0.226 e. The Morgan fingerprint density at radius 3 is 2.26 bits per heavy atom. The van der Waals surface area contributed by atoms with Crippen LogP contribution in [0.2, 0.25) is 0 Å². The standard InChI is InChI=1S/C16H26N2O/c19-15(14-12-2-1-3-13(12)14)18-10-6-16(7-11-18)4-8-17-9-5-16/h12-14,17H,1-11H2. The molecule has 4 fully saturated rings. The van der Waals surface area contributed by atoms with E-state index in [1.165, 1.54) is 58.0 Å². The summed E-state index contributed by atoms with van der Waals surface area (Å²) in [4.78, 5) is 14.8. The van der Waals surface area contributed by atoms with Gasteiger partial charge in [-0.3, -0.25) is 4.79 Å². The Kier molecular flexibility index (Phi) is 2.87. The highest BCUT2D eigenvalue weighted by molar-refractivity contribution is 5.82. The average molecular weight is 262 g/mol. The topological polar surface area (TPSA) is 32.3 Å². The minimum Gasteiger partial charge on any atom is -0.342 e. The van der Waals surface area contributed by atoms with Crippen LogP contribution in [0.15, 0.2) is 0 Å². The number of hydrogen-bond acceptors (Lipinski definition) is 2. The number of hydrogen-bond donors (Lipinski definition) is 1. The van der Waals surface area contributed by atoms with Crippen LogP contribution in [0, 0.1) is 23.2 Å². The molecule has 3 nitrogen and oxygen atoms in total. The van der Waals surface area contributed by atoms with Gasteiger partial charge in [-0.1, -0.05) is 6.42 Å². The molecule has 2 heterocycles. The first-order valence-electron chi connectivity index (χ1n) is 8.29. The van der Waals surface area contributed by atoms with Crippen molar-refractivity contribution < 1.29 is 4.79 Å². The molecule has 3 heteroatoms. The molecule has 1 N–H and O–H groups in total. The molecule has 2 saturated carbocycles. The molecule has 2 atom stereocenters. The van der Waals surface area contributed by atoms with Crippen molar-refractivity contribution in [3.8, 4) is 0 Å². The summed E-state index contributed by atoms with van der Waals surface area (Å²) in [5, 5.41) is 3.46. The van der Waals surface area contributed by atoms with Gasteiger partial charge in [-0.2, -0.15) is 0 Å². The number of carbonyl (C=O) groups excluding carboxylic acids is 1. The largest absolute Gasteiger partial charge is 0.342 e. The molecule has 0 aromatic heterocycles. The molecule has 2 aliphatic carbocycles. The fourth-order valence-corrected chi connectivity index (χ4v) is 5.06. The highest BCUT2D eigenvalue weighted by Gasteiger charge is 2.57. The first kappa shape index (κ1) is 12.2. The molecule has 4 aliphatic rings. The van der Waals surface area contributed by atoms with Crippen LogP contribution in [-0.4, -0.2) is 37.0 Å². The third-order valence-electron chi connectivity index (χ3n) is 6.49. The summed E-state index contributed by atoms with van der Waals surface area (Å²) in [6, 6.07) is 0. The molecule has 1 amide bonds. The van der Waals surface area contributed by atoms with Crippen molar-refractivity contribution in [3.05, 3.63) is 0 Å². The van der Waals surface area contributed by atoms with Crippen molar-refractivity contribution in [2.75, 3.05) is 26.2 Å². The van der Waals surface area contributed by atoms with Crippen molar-refractivity contribution in [2.45, 2.75) is 44.9 Å². The Morgan fingerprint density at radius 2 is 1.63 bits per heavy atom. The normalized spacial score (nSPS) is 40.2. The van der Waals surface area contributed by atoms with E-state index in [1.807, 2.05) is 0 Å². The lowest BCUT2D eigenvalue weighted by molar-refractivity contribution is -0.136.